The largest absolute Gasteiger partial charge is 0.503 e. The zero-order chi connectivity index (χ0) is 24.1. The summed E-state index contributed by atoms with van der Waals surface area (Å²) in [5.41, 5.74) is -1.55. The van der Waals surface area contributed by atoms with E-state index >= 15 is 0 Å². The third-order valence-electron chi connectivity index (χ3n) is 5.62. The summed E-state index contributed by atoms with van der Waals surface area (Å²) in [7, 11) is 1.58. The molecule has 33 heavy (non-hydrogen) atoms. The van der Waals surface area contributed by atoms with E-state index in [1.807, 2.05) is 6.92 Å². The maximum Gasteiger partial charge on any atom is 0.274 e. The minimum absolute atomic E-state index is 0.0319. The van der Waals surface area contributed by atoms with Crippen molar-refractivity contribution in [3.63, 3.8) is 0 Å². The maximum atomic E-state index is 13.9. The van der Waals surface area contributed by atoms with Gasteiger partial charge in [0.2, 0.25) is 5.43 Å². The van der Waals surface area contributed by atoms with Crippen LogP contribution in [0.2, 0.25) is 0 Å². The zero-order valence-corrected chi connectivity index (χ0v) is 18.6. The van der Waals surface area contributed by atoms with Crippen molar-refractivity contribution in [3.05, 3.63) is 63.1 Å². The predicted octanol–water partition coefficient (Wildman–Crippen LogP) is 2.42. The summed E-state index contributed by atoms with van der Waals surface area (Å²) in [6.45, 7) is 2.77. The molecule has 0 saturated carbocycles. The Hall–Kier alpha value is -3.27. The summed E-state index contributed by atoms with van der Waals surface area (Å²) >= 11 is 0. The predicted molar refractivity (Wildman–Crippen MR) is 116 cm³/mol. The van der Waals surface area contributed by atoms with Gasteiger partial charge in [-0.25, -0.2) is 8.78 Å². The van der Waals surface area contributed by atoms with Crippen LogP contribution in [0, 0.1) is 11.6 Å². The van der Waals surface area contributed by atoms with E-state index < -0.39 is 34.6 Å². The molecular weight excluding hydrogens is 436 g/mol. The van der Waals surface area contributed by atoms with Gasteiger partial charge < -0.3 is 24.6 Å². The second-order valence-corrected chi connectivity index (χ2v) is 7.92. The minimum Gasteiger partial charge on any atom is -0.503 e. The zero-order valence-electron chi connectivity index (χ0n) is 18.6. The second kappa shape index (κ2) is 10.6. The van der Waals surface area contributed by atoms with Crippen molar-refractivity contribution in [2.24, 2.45) is 0 Å². The molecule has 1 aromatic carbocycles. The normalized spacial score (nSPS) is 16.9. The van der Waals surface area contributed by atoms with E-state index in [9.17, 15) is 28.3 Å². The van der Waals surface area contributed by atoms with Gasteiger partial charge in [0.15, 0.2) is 11.4 Å². The molecule has 0 aliphatic carbocycles. The lowest BCUT2D eigenvalue weighted by atomic mass is 10.1. The van der Waals surface area contributed by atoms with E-state index in [0.717, 1.165) is 12.5 Å². The van der Waals surface area contributed by atoms with E-state index in [-0.39, 0.29) is 36.0 Å². The van der Waals surface area contributed by atoms with Crippen LogP contribution in [0.1, 0.15) is 52.6 Å². The van der Waals surface area contributed by atoms with Crippen LogP contribution < -0.4 is 10.7 Å². The van der Waals surface area contributed by atoms with Gasteiger partial charge in [0.1, 0.15) is 17.2 Å². The first-order chi connectivity index (χ1) is 15.7. The van der Waals surface area contributed by atoms with Crippen molar-refractivity contribution in [3.8, 4) is 5.75 Å². The molecule has 0 unspecified atom stereocenters. The van der Waals surface area contributed by atoms with Gasteiger partial charge >= 0.3 is 0 Å². The Morgan fingerprint density at radius 1 is 1.24 bits per heavy atom. The number of carbonyl (C=O) groups is 2. The van der Waals surface area contributed by atoms with Crippen LogP contribution in [-0.2, 0) is 17.8 Å². The first kappa shape index (κ1) is 24.4. The van der Waals surface area contributed by atoms with Crippen LogP contribution >= 0.6 is 0 Å². The molecule has 1 aromatic heterocycles. The smallest absolute Gasteiger partial charge is 0.274 e. The number of carbonyl (C=O) groups excluding carboxylic acids is 2. The number of aromatic hydroxyl groups is 1. The van der Waals surface area contributed by atoms with E-state index in [2.05, 4.69) is 5.32 Å². The summed E-state index contributed by atoms with van der Waals surface area (Å²) in [6, 6.07) is 2.93. The SMILES string of the molecule is CCO[C@H]1CCCN(C)C(=O)c2c(O)c(=O)c(C(=O)NCc3ccc(F)cc3F)cn2CC1. The number of amides is 2. The average molecular weight is 463 g/mol. The van der Waals surface area contributed by atoms with Gasteiger partial charge in [-0.15, -0.1) is 0 Å². The number of fused-ring (bicyclic) bond motifs is 1. The van der Waals surface area contributed by atoms with Gasteiger partial charge in [0, 0.05) is 51.1 Å². The fourth-order valence-electron chi connectivity index (χ4n) is 3.82. The lowest BCUT2D eigenvalue weighted by Crippen LogP contribution is -2.36. The van der Waals surface area contributed by atoms with E-state index in [0.29, 0.717) is 32.1 Å². The molecule has 0 radical (unpaired) electrons. The molecule has 0 fully saturated rings. The van der Waals surface area contributed by atoms with Crippen LogP contribution in [0.15, 0.2) is 29.2 Å². The monoisotopic (exact) mass is 463 g/mol. The molecule has 10 heteroatoms. The molecule has 0 spiro atoms. The molecule has 0 bridgehead atoms. The Labute approximate surface area is 189 Å². The first-order valence-corrected chi connectivity index (χ1v) is 10.8. The highest BCUT2D eigenvalue weighted by Gasteiger charge is 2.27. The number of pyridine rings is 1. The molecule has 0 saturated heterocycles. The second-order valence-electron chi connectivity index (χ2n) is 7.92. The standard InChI is InChI=1S/C23H27F2N3O5/c1-3-33-16-5-4-9-27(2)23(32)19-21(30)20(29)17(13-28(19)10-8-16)22(31)26-12-14-6-7-15(24)11-18(14)25/h6-7,11,13,16,30H,3-5,8-10,12H2,1-2H3,(H,26,31)/t16-/m0/s1. The van der Waals surface area contributed by atoms with Crippen LogP contribution in [0.4, 0.5) is 8.78 Å². The van der Waals surface area contributed by atoms with Crippen molar-refractivity contribution in [1.29, 1.82) is 0 Å². The quantitative estimate of drug-likeness (QED) is 0.709. The molecule has 2 heterocycles. The minimum atomic E-state index is -1.00. The van der Waals surface area contributed by atoms with Gasteiger partial charge in [-0.1, -0.05) is 6.07 Å². The molecule has 2 aromatic rings. The highest BCUT2D eigenvalue weighted by atomic mass is 19.1. The van der Waals surface area contributed by atoms with Crippen LogP contribution in [0.25, 0.3) is 0 Å². The molecule has 1 atom stereocenters. The number of rotatable bonds is 5. The molecular formula is C23H27F2N3O5. The Kier molecular flexibility index (Phi) is 7.80. The Morgan fingerprint density at radius 3 is 2.70 bits per heavy atom. The van der Waals surface area contributed by atoms with Gasteiger partial charge in [-0.3, -0.25) is 14.4 Å². The number of benzene rings is 1. The number of hydrogen-bond donors (Lipinski definition) is 2. The molecule has 1 aliphatic heterocycles. The number of hydrogen-bond acceptors (Lipinski definition) is 5. The number of nitrogens with one attached hydrogen (secondary N) is 1. The van der Waals surface area contributed by atoms with Crippen molar-refractivity contribution in [1.82, 2.24) is 14.8 Å². The Balaban J connectivity index is 1.93. The van der Waals surface area contributed by atoms with Crippen LogP contribution in [0.3, 0.4) is 0 Å². The number of ether oxygens (including phenoxy) is 1. The van der Waals surface area contributed by atoms with Crippen molar-refractivity contribution < 1.29 is 28.2 Å². The Bertz CT molecular complexity index is 1100. The molecule has 2 N–H and O–H groups in total. The first-order valence-electron chi connectivity index (χ1n) is 10.8. The fourth-order valence-corrected chi connectivity index (χ4v) is 3.82. The number of aryl methyl sites for hydroxylation is 1. The van der Waals surface area contributed by atoms with Gasteiger partial charge in [0.05, 0.1) is 6.10 Å². The van der Waals surface area contributed by atoms with E-state index in [1.54, 1.807) is 7.05 Å². The van der Waals surface area contributed by atoms with Crippen molar-refractivity contribution >= 4 is 11.8 Å². The number of aromatic nitrogens is 1. The molecule has 178 valence electrons. The summed E-state index contributed by atoms with van der Waals surface area (Å²) in [5.74, 6) is -3.79. The molecule has 3 rings (SSSR count). The van der Waals surface area contributed by atoms with Gasteiger partial charge in [-0.05, 0) is 32.3 Å². The van der Waals surface area contributed by atoms with E-state index in [4.69, 9.17) is 4.74 Å². The number of halogens is 2. The summed E-state index contributed by atoms with van der Waals surface area (Å²) in [6.07, 6.45) is 3.11. The van der Waals surface area contributed by atoms with Gasteiger partial charge in [0.25, 0.3) is 11.8 Å². The summed E-state index contributed by atoms with van der Waals surface area (Å²) < 4.78 is 34.1. The molecule has 8 nitrogen and oxygen atoms in total. The molecule has 1 aliphatic rings. The third kappa shape index (κ3) is 5.57. The third-order valence-corrected chi connectivity index (χ3v) is 5.62. The lowest BCUT2D eigenvalue weighted by molar-refractivity contribution is 0.0415. The van der Waals surface area contributed by atoms with Crippen LogP contribution in [0.5, 0.6) is 5.75 Å². The Morgan fingerprint density at radius 2 is 2.00 bits per heavy atom. The number of nitrogens with zero attached hydrogens (tertiary/aromatic N) is 2. The summed E-state index contributed by atoms with van der Waals surface area (Å²) in [5, 5.41) is 13.0. The molecule has 2 amide bonds. The lowest BCUT2D eigenvalue weighted by Gasteiger charge is -2.26. The van der Waals surface area contributed by atoms with Crippen molar-refractivity contribution in [2.45, 2.75) is 45.4 Å². The highest BCUT2D eigenvalue weighted by molar-refractivity contribution is 5.98. The summed E-state index contributed by atoms with van der Waals surface area (Å²) in [4.78, 5) is 39.7. The fraction of sp³-hybridized carbons (Fsp3) is 0.435. The maximum absolute atomic E-state index is 13.9. The average Bonchev–Trinajstić information content (AvgIpc) is 2.77. The van der Waals surface area contributed by atoms with Crippen LogP contribution in [-0.4, -0.2) is 52.7 Å². The van der Waals surface area contributed by atoms with E-state index in [1.165, 1.54) is 21.7 Å². The van der Waals surface area contributed by atoms with Gasteiger partial charge in [-0.2, -0.15) is 0 Å². The highest BCUT2D eigenvalue weighted by Crippen LogP contribution is 2.20. The van der Waals surface area contributed by atoms with Crippen molar-refractivity contribution in [2.75, 3.05) is 20.2 Å². The topological polar surface area (TPSA) is 101 Å².